The van der Waals surface area contributed by atoms with Gasteiger partial charge >= 0.3 is 12.1 Å². The fourth-order valence-corrected chi connectivity index (χ4v) is 7.15. The molecule has 0 unspecified atom stereocenters. The number of methoxy groups -OCH3 is 1. The van der Waals surface area contributed by atoms with E-state index < -0.39 is 17.2 Å². The van der Waals surface area contributed by atoms with Crippen molar-refractivity contribution in [1.29, 1.82) is 0 Å². The lowest BCUT2D eigenvalue weighted by molar-refractivity contribution is -0.146. The SMILES string of the molecule is CC.COC(=O)C1(CCCCN2CCC(NC(=O)c3ccccc3-c3ccc(C(F)(F)F)cc3)CC2)c2ccccc2-c2ccccc21. The molecule has 48 heavy (non-hydrogen) atoms. The van der Waals surface area contributed by atoms with Gasteiger partial charge in [0.2, 0.25) is 0 Å². The van der Waals surface area contributed by atoms with Crippen molar-refractivity contribution in [3.63, 3.8) is 0 Å². The Morgan fingerprint density at radius 2 is 1.33 bits per heavy atom. The summed E-state index contributed by atoms with van der Waals surface area (Å²) in [6.45, 7) is 6.59. The number of nitrogens with one attached hydrogen (secondary N) is 1. The van der Waals surface area contributed by atoms with Gasteiger partial charge in [-0.1, -0.05) is 99.1 Å². The van der Waals surface area contributed by atoms with Crippen LogP contribution in [-0.4, -0.2) is 49.6 Å². The molecule has 2 aliphatic rings. The number of carbonyl (C=O) groups is 2. The molecule has 0 aromatic heterocycles. The number of fused-ring (bicyclic) bond motifs is 3. The van der Waals surface area contributed by atoms with Crippen molar-refractivity contribution in [2.45, 2.75) is 63.6 Å². The molecule has 6 rings (SSSR count). The summed E-state index contributed by atoms with van der Waals surface area (Å²) in [5.41, 5.74) is 4.29. The van der Waals surface area contributed by atoms with Crippen LogP contribution in [0.4, 0.5) is 13.2 Å². The largest absolute Gasteiger partial charge is 0.468 e. The summed E-state index contributed by atoms with van der Waals surface area (Å²) in [5.74, 6) is -0.444. The molecule has 8 heteroatoms. The molecule has 1 heterocycles. The van der Waals surface area contributed by atoms with Crippen LogP contribution < -0.4 is 5.32 Å². The number of hydrogen-bond acceptors (Lipinski definition) is 4. The molecule has 1 aliphatic carbocycles. The van der Waals surface area contributed by atoms with E-state index in [1.54, 1.807) is 24.3 Å². The van der Waals surface area contributed by atoms with Crippen LogP contribution in [0.5, 0.6) is 0 Å². The van der Waals surface area contributed by atoms with Gasteiger partial charge in [0, 0.05) is 24.7 Å². The highest BCUT2D eigenvalue weighted by molar-refractivity contribution is 6.01. The number of rotatable bonds is 9. The first-order chi connectivity index (χ1) is 23.2. The molecule has 0 spiro atoms. The molecule has 1 fully saturated rings. The average molecular weight is 657 g/mol. The van der Waals surface area contributed by atoms with Crippen LogP contribution in [0.3, 0.4) is 0 Å². The normalized spacial score (nSPS) is 15.5. The molecular formula is C40H43F3N2O3. The van der Waals surface area contributed by atoms with E-state index in [-0.39, 0.29) is 17.9 Å². The Kier molecular flexibility index (Phi) is 11.0. The van der Waals surface area contributed by atoms with Crippen molar-refractivity contribution >= 4 is 11.9 Å². The Morgan fingerprint density at radius 1 is 0.792 bits per heavy atom. The number of halogens is 3. The number of alkyl halides is 3. The monoisotopic (exact) mass is 656 g/mol. The smallest absolute Gasteiger partial charge is 0.416 e. The number of hydrogen-bond donors (Lipinski definition) is 1. The second-order valence-corrected chi connectivity index (χ2v) is 12.2. The quantitative estimate of drug-likeness (QED) is 0.144. The molecule has 0 bridgehead atoms. The van der Waals surface area contributed by atoms with Crippen molar-refractivity contribution < 1.29 is 27.5 Å². The van der Waals surface area contributed by atoms with E-state index >= 15 is 0 Å². The minimum absolute atomic E-state index is 0.0125. The highest BCUT2D eigenvalue weighted by Gasteiger charge is 2.49. The van der Waals surface area contributed by atoms with Crippen LogP contribution in [0.1, 0.15) is 73.0 Å². The molecule has 1 aliphatic heterocycles. The lowest BCUT2D eigenvalue weighted by Gasteiger charge is -2.33. The number of likely N-dealkylation sites (tertiary alicyclic amines) is 1. The fraction of sp³-hybridized carbons (Fsp3) is 0.350. The Bertz CT molecular complexity index is 1660. The number of piperidine rings is 1. The molecule has 4 aromatic rings. The maximum atomic E-state index is 13.4. The van der Waals surface area contributed by atoms with Crippen LogP contribution in [0.25, 0.3) is 22.3 Å². The topological polar surface area (TPSA) is 58.6 Å². The zero-order valence-corrected chi connectivity index (χ0v) is 27.8. The third-order valence-corrected chi connectivity index (χ3v) is 9.49. The van der Waals surface area contributed by atoms with E-state index in [1.165, 1.54) is 19.2 Å². The summed E-state index contributed by atoms with van der Waals surface area (Å²) < 4.78 is 44.5. The van der Waals surface area contributed by atoms with E-state index in [0.717, 1.165) is 79.7 Å². The lowest BCUT2D eigenvalue weighted by atomic mass is 9.74. The fourth-order valence-electron chi connectivity index (χ4n) is 7.15. The Labute approximate surface area is 281 Å². The standard InChI is InChI=1S/C38H37F3N2O3.C2H6/c1-46-36(45)37(33-14-6-4-11-30(33)31-12-5-7-15-34(31)37)22-8-9-23-43-24-20-28(21-25-43)42-35(44)32-13-3-2-10-29(32)26-16-18-27(19-17-26)38(39,40)41;1-2/h2-7,10-19,28H,8-9,20-25H2,1H3,(H,42,44);1-2H3. The summed E-state index contributed by atoms with van der Waals surface area (Å²) in [6, 6.07) is 28.2. The average Bonchev–Trinajstić information content (AvgIpc) is 3.41. The van der Waals surface area contributed by atoms with Gasteiger partial charge in [-0.15, -0.1) is 0 Å². The number of nitrogens with zero attached hydrogens (tertiary/aromatic N) is 1. The van der Waals surface area contributed by atoms with E-state index in [9.17, 15) is 22.8 Å². The van der Waals surface area contributed by atoms with Gasteiger partial charge in [-0.3, -0.25) is 9.59 Å². The van der Waals surface area contributed by atoms with Crippen molar-refractivity contribution in [3.8, 4) is 22.3 Å². The van der Waals surface area contributed by atoms with Crippen LogP contribution >= 0.6 is 0 Å². The van der Waals surface area contributed by atoms with Crippen LogP contribution in [0.15, 0.2) is 97.1 Å². The minimum Gasteiger partial charge on any atom is -0.468 e. The number of esters is 1. The summed E-state index contributed by atoms with van der Waals surface area (Å²) in [4.78, 5) is 29.1. The first-order valence-corrected chi connectivity index (χ1v) is 16.8. The Balaban J connectivity index is 0.00000221. The molecule has 1 N–H and O–H groups in total. The van der Waals surface area contributed by atoms with E-state index in [0.29, 0.717) is 23.1 Å². The van der Waals surface area contributed by atoms with Gasteiger partial charge < -0.3 is 15.0 Å². The maximum Gasteiger partial charge on any atom is 0.416 e. The highest BCUT2D eigenvalue weighted by Crippen LogP contribution is 2.52. The number of ether oxygens (including phenoxy) is 1. The molecule has 5 nitrogen and oxygen atoms in total. The van der Waals surface area contributed by atoms with Gasteiger partial charge in [0.1, 0.15) is 5.41 Å². The molecule has 4 aromatic carbocycles. The van der Waals surface area contributed by atoms with Crippen molar-refractivity contribution in [1.82, 2.24) is 10.2 Å². The van der Waals surface area contributed by atoms with Gasteiger partial charge in [0.25, 0.3) is 5.91 Å². The first-order valence-electron chi connectivity index (χ1n) is 16.8. The zero-order chi connectivity index (χ0) is 34.3. The summed E-state index contributed by atoms with van der Waals surface area (Å²) in [5, 5.41) is 3.15. The Hall–Kier alpha value is -4.43. The number of amides is 1. The summed E-state index contributed by atoms with van der Waals surface area (Å²) >= 11 is 0. The number of benzene rings is 4. The van der Waals surface area contributed by atoms with Gasteiger partial charge in [-0.05, 0) is 83.8 Å². The van der Waals surface area contributed by atoms with Gasteiger partial charge in [0.05, 0.1) is 12.7 Å². The van der Waals surface area contributed by atoms with Crippen molar-refractivity contribution in [3.05, 3.63) is 119 Å². The molecule has 1 amide bonds. The van der Waals surface area contributed by atoms with Crippen LogP contribution in [0.2, 0.25) is 0 Å². The van der Waals surface area contributed by atoms with Crippen molar-refractivity contribution in [2.24, 2.45) is 0 Å². The predicted octanol–water partition coefficient (Wildman–Crippen LogP) is 8.90. The molecule has 1 saturated heterocycles. The summed E-state index contributed by atoms with van der Waals surface area (Å²) in [7, 11) is 1.46. The molecule has 0 saturated carbocycles. The van der Waals surface area contributed by atoms with Crippen molar-refractivity contribution in [2.75, 3.05) is 26.7 Å². The van der Waals surface area contributed by atoms with Gasteiger partial charge in [-0.25, -0.2) is 0 Å². The number of unbranched alkanes of at least 4 members (excludes halogenated alkanes) is 1. The molecular weight excluding hydrogens is 613 g/mol. The molecule has 0 atom stereocenters. The van der Waals surface area contributed by atoms with Crippen LogP contribution in [-0.2, 0) is 21.1 Å². The number of carbonyl (C=O) groups excluding carboxylic acids is 2. The van der Waals surface area contributed by atoms with Gasteiger partial charge in [-0.2, -0.15) is 13.2 Å². The predicted molar refractivity (Wildman–Crippen MR) is 184 cm³/mol. The zero-order valence-electron chi connectivity index (χ0n) is 27.8. The minimum atomic E-state index is -4.41. The van der Waals surface area contributed by atoms with E-state index in [1.807, 2.05) is 50.2 Å². The maximum absolute atomic E-state index is 13.4. The molecule has 0 radical (unpaired) electrons. The lowest BCUT2D eigenvalue weighted by Crippen LogP contribution is -2.45. The third kappa shape index (κ3) is 7.04. The highest BCUT2D eigenvalue weighted by atomic mass is 19.4. The summed E-state index contributed by atoms with van der Waals surface area (Å²) in [6.07, 6.45) is -0.347. The van der Waals surface area contributed by atoms with E-state index in [2.05, 4.69) is 22.3 Å². The first kappa shape index (κ1) is 34.9. The second kappa shape index (κ2) is 15.2. The second-order valence-electron chi connectivity index (χ2n) is 12.2. The molecule has 252 valence electrons. The van der Waals surface area contributed by atoms with Crippen LogP contribution in [0, 0.1) is 0 Å². The van der Waals surface area contributed by atoms with Gasteiger partial charge in [0.15, 0.2) is 0 Å². The third-order valence-electron chi connectivity index (χ3n) is 9.49. The Morgan fingerprint density at radius 3 is 1.90 bits per heavy atom. The van der Waals surface area contributed by atoms with E-state index in [4.69, 9.17) is 4.74 Å².